The molecule has 0 rings (SSSR count). The van der Waals surface area contributed by atoms with Gasteiger partial charge in [0.05, 0.1) is 13.2 Å². The molecule has 0 saturated heterocycles. The second-order valence-electron chi connectivity index (χ2n) is 25.1. The van der Waals surface area contributed by atoms with E-state index < -0.39 is 26.5 Å². The highest BCUT2D eigenvalue weighted by molar-refractivity contribution is 7.47. The van der Waals surface area contributed by atoms with Gasteiger partial charge in [0.15, 0.2) is 6.10 Å². The van der Waals surface area contributed by atoms with E-state index in [1.807, 2.05) is 0 Å². The van der Waals surface area contributed by atoms with Gasteiger partial charge in [0.2, 0.25) is 0 Å². The average molecular weight is 1260 g/mol. The zero-order chi connectivity index (χ0) is 64.4. The number of carbonyl (C=O) groups is 2. The standard InChI is InChI=1S/C79H142NO8P/c1-3-5-7-9-11-13-15-17-19-21-23-25-27-29-31-33-34-35-36-37-38-39-40-41-42-44-46-48-50-52-54-56-58-60-62-64-66-68-70-72-79(82)88-77(76-87-89(83,84)86-74-73-80)75-85-78(81)71-69-67-65-63-61-59-57-55-53-51-49-47-45-43-32-30-28-26-24-22-20-18-16-14-12-10-8-6-4-2/h5,7,11,13,16-19,22-25,28-31,77H,3-4,6,8-10,12,14-15,20-21,26-27,32-76,80H2,1-2H3,(H,83,84)/b7-5-,13-11-,18-16-,19-17-,24-22-,25-23-,30-28-,31-29-. The van der Waals surface area contributed by atoms with Crippen molar-refractivity contribution in [1.82, 2.24) is 0 Å². The van der Waals surface area contributed by atoms with Gasteiger partial charge < -0.3 is 20.1 Å². The SMILES string of the molecule is CC/C=C\C/C=C\C/C=C\C/C=C\C/C=C\CCCCCCCCCCCCCCCCCCCCCCCCCC(=O)OC(COC(=O)CCCCCCCCCCCCCCCC/C=C\C/C=C\C/C=C\CCCCCCC)COP(=O)(O)OCCN. The van der Waals surface area contributed by atoms with Crippen LogP contribution in [0, 0.1) is 0 Å². The maximum Gasteiger partial charge on any atom is 0.472 e. The molecular weight excluding hydrogens is 1120 g/mol. The number of nitrogens with two attached hydrogens (primary N) is 1. The number of allylic oxidation sites excluding steroid dienone is 16. The van der Waals surface area contributed by atoms with E-state index in [0.29, 0.717) is 6.42 Å². The molecule has 0 radical (unpaired) electrons. The topological polar surface area (TPSA) is 134 Å². The molecule has 0 heterocycles. The molecule has 0 aromatic rings. The van der Waals surface area contributed by atoms with Crippen LogP contribution in [0.4, 0.5) is 0 Å². The quantitative estimate of drug-likeness (QED) is 0.0264. The monoisotopic (exact) mass is 1260 g/mol. The molecule has 10 heteroatoms. The number of hydrogen-bond donors (Lipinski definition) is 2. The molecule has 3 N–H and O–H groups in total. The van der Waals surface area contributed by atoms with Crippen molar-refractivity contribution < 1.29 is 37.6 Å². The van der Waals surface area contributed by atoms with Crippen LogP contribution in [0.5, 0.6) is 0 Å². The highest BCUT2D eigenvalue weighted by atomic mass is 31.2. The van der Waals surface area contributed by atoms with Gasteiger partial charge in [0, 0.05) is 19.4 Å². The van der Waals surface area contributed by atoms with E-state index in [-0.39, 0.29) is 38.6 Å². The lowest BCUT2D eigenvalue weighted by Gasteiger charge is -2.19. The minimum absolute atomic E-state index is 0.0527. The zero-order valence-electron chi connectivity index (χ0n) is 58.2. The highest BCUT2D eigenvalue weighted by Crippen LogP contribution is 2.43. The summed E-state index contributed by atoms with van der Waals surface area (Å²) in [7, 11) is -4.40. The molecule has 0 amide bonds. The van der Waals surface area contributed by atoms with Crippen LogP contribution in [-0.2, 0) is 32.7 Å². The second-order valence-corrected chi connectivity index (χ2v) is 26.6. The van der Waals surface area contributed by atoms with E-state index >= 15 is 0 Å². The number of hydrogen-bond acceptors (Lipinski definition) is 8. The summed E-state index contributed by atoms with van der Waals surface area (Å²) in [4.78, 5) is 35.4. The van der Waals surface area contributed by atoms with Crippen molar-refractivity contribution in [3.8, 4) is 0 Å². The van der Waals surface area contributed by atoms with E-state index in [4.69, 9.17) is 24.3 Å². The minimum atomic E-state index is -4.40. The van der Waals surface area contributed by atoms with E-state index in [2.05, 4.69) is 111 Å². The lowest BCUT2D eigenvalue weighted by molar-refractivity contribution is -0.161. The third kappa shape index (κ3) is 73.9. The van der Waals surface area contributed by atoms with Gasteiger partial charge >= 0.3 is 19.8 Å². The van der Waals surface area contributed by atoms with Gasteiger partial charge in [-0.15, -0.1) is 0 Å². The fourth-order valence-corrected chi connectivity index (χ4v) is 11.7. The van der Waals surface area contributed by atoms with Gasteiger partial charge in [-0.3, -0.25) is 18.6 Å². The molecule has 89 heavy (non-hydrogen) atoms. The molecule has 2 atom stereocenters. The molecule has 0 bridgehead atoms. The van der Waals surface area contributed by atoms with Gasteiger partial charge in [-0.25, -0.2) is 4.57 Å². The molecule has 0 aromatic carbocycles. The van der Waals surface area contributed by atoms with Crippen molar-refractivity contribution in [3.05, 3.63) is 97.2 Å². The molecule has 0 aromatic heterocycles. The first kappa shape index (κ1) is 85.9. The predicted molar refractivity (Wildman–Crippen MR) is 385 cm³/mol. The first-order valence-electron chi connectivity index (χ1n) is 37.7. The molecule has 2 unspecified atom stereocenters. The Balaban J connectivity index is 3.81. The van der Waals surface area contributed by atoms with Crippen molar-refractivity contribution in [3.63, 3.8) is 0 Å². The zero-order valence-corrected chi connectivity index (χ0v) is 59.1. The molecule has 9 nitrogen and oxygen atoms in total. The molecular formula is C79H142NO8P. The van der Waals surface area contributed by atoms with Crippen LogP contribution in [0.3, 0.4) is 0 Å². The first-order valence-corrected chi connectivity index (χ1v) is 39.2. The summed E-state index contributed by atoms with van der Waals surface area (Å²) in [5, 5.41) is 0. The number of rotatable bonds is 71. The highest BCUT2D eigenvalue weighted by Gasteiger charge is 2.26. The molecule has 0 aliphatic carbocycles. The maximum atomic E-state index is 12.8. The Hall–Kier alpha value is -3.07. The van der Waals surface area contributed by atoms with Gasteiger partial charge in [-0.1, -0.05) is 349 Å². The van der Waals surface area contributed by atoms with Crippen LogP contribution in [0.15, 0.2) is 97.2 Å². The molecule has 0 saturated carbocycles. The lowest BCUT2D eigenvalue weighted by Crippen LogP contribution is -2.29. The van der Waals surface area contributed by atoms with Crippen molar-refractivity contribution in [2.24, 2.45) is 5.73 Å². The number of carbonyl (C=O) groups excluding carboxylic acids is 2. The molecule has 0 spiro atoms. The second kappa shape index (κ2) is 74.0. The summed E-state index contributed by atoms with van der Waals surface area (Å²) in [6.07, 6.45) is 101. The Bertz CT molecular complexity index is 1780. The van der Waals surface area contributed by atoms with Crippen LogP contribution in [0.1, 0.15) is 361 Å². The van der Waals surface area contributed by atoms with Gasteiger partial charge in [-0.05, 0) is 96.3 Å². The first-order chi connectivity index (χ1) is 43.8. The van der Waals surface area contributed by atoms with Crippen LogP contribution in [-0.4, -0.2) is 49.3 Å². The summed E-state index contributed by atoms with van der Waals surface area (Å²) >= 11 is 0. The van der Waals surface area contributed by atoms with E-state index in [1.165, 1.54) is 250 Å². The Morgan fingerprint density at radius 3 is 0.921 bits per heavy atom. The average Bonchev–Trinajstić information content (AvgIpc) is 3.68. The molecule has 0 fully saturated rings. The van der Waals surface area contributed by atoms with Crippen molar-refractivity contribution in [2.45, 2.75) is 367 Å². The van der Waals surface area contributed by atoms with Gasteiger partial charge in [0.25, 0.3) is 0 Å². The number of phosphoric acid groups is 1. The predicted octanol–water partition coefficient (Wildman–Crippen LogP) is 25.1. The molecule has 0 aliphatic rings. The van der Waals surface area contributed by atoms with Crippen LogP contribution < -0.4 is 5.73 Å². The normalized spacial score (nSPS) is 13.4. The van der Waals surface area contributed by atoms with Crippen molar-refractivity contribution in [1.29, 1.82) is 0 Å². The Labute approximate surface area is 550 Å². The van der Waals surface area contributed by atoms with E-state index in [1.54, 1.807) is 0 Å². The Morgan fingerprint density at radius 2 is 0.618 bits per heavy atom. The molecule has 0 aliphatic heterocycles. The summed E-state index contributed by atoms with van der Waals surface area (Å²) in [5.41, 5.74) is 5.41. The third-order valence-corrected chi connectivity index (χ3v) is 17.4. The van der Waals surface area contributed by atoms with E-state index in [9.17, 15) is 19.0 Å². The van der Waals surface area contributed by atoms with Crippen LogP contribution in [0.25, 0.3) is 0 Å². The largest absolute Gasteiger partial charge is 0.472 e. The fourth-order valence-electron chi connectivity index (χ4n) is 10.9. The maximum absolute atomic E-state index is 12.8. The lowest BCUT2D eigenvalue weighted by atomic mass is 10.0. The van der Waals surface area contributed by atoms with Crippen molar-refractivity contribution in [2.75, 3.05) is 26.4 Å². The number of phosphoric ester groups is 1. The van der Waals surface area contributed by atoms with Crippen LogP contribution in [0.2, 0.25) is 0 Å². The Kier molecular flexibility index (Phi) is 71.4. The van der Waals surface area contributed by atoms with E-state index in [0.717, 1.165) is 77.0 Å². The van der Waals surface area contributed by atoms with Crippen LogP contribution >= 0.6 is 7.82 Å². The fraction of sp³-hybridized carbons (Fsp3) is 0.772. The number of unbranched alkanes of at least 4 members (excludes halogenated alkanes) is 42. The summed E-state index contributed by atoms with van der Waals surface area (Å²) in [5.74, 6) is -0.813. The number of esters is 2. The summed E-state index contributed by atoms with van der Waals surface area (Å²) in [6, 6.07) is 0. The van der Waals surface area contributed by atoms with Gasteiger partial charge in [-0.2, -0.15) is 0 Å². The third-order valence-electron chi connectivity index (χ3n) is 16.5. The molecule has 516 valence electrons. The Morgan fingerprint density at radius 1 is 0.348 bits per heavy atom. The minimum Gasteiger partial charge on any atom is -0.462 e. The smallest absolute Gasteiger partial charge is 0.462 e. The number of ether oxygens (including phenoxy) is 2. The summed E-state index contributed by atoms with van der Waals surface area (Å²) < 4.78 is 33.2. The van der Waals surface area contributed by atoms with Gasteiger partial charge in [0.1, 0.15) is 6.61 Å². The van der Waals surface area contributed by atoms with Crippen molar-refractivity contribution >= 4 is 19.8 Å². The summed E-state index contributed by atoms with van der Waals surface area (Å²) in [6.45, 7) is 3.67.